The van der Waals surface area contributed by atoms with Gasteiger partial charge in [-0.15, -0.1) is 0 Å². The van der Waals surface area contributed by atoms with Crippen LogP contribution in [0.2, 0.25) is 0 Å². The Balaban J connectivity index is 1.46. The van der Waals surface area contributed by atoms with Crippen LogP contribution in [0.5, 0.6) is 0 Å². The summed E-state index contributed by atoms with van der Waals surface area (Å²) in [6.45, 7) is 3.10. The number of amides is 2. The van der Waals surface area contributed by atoms with E-state index in [1.165, 1.54) is 0 Å². The van der Waals surface area contributed by atoms with E-state index in [0.29, 0.717) is 26.1 Å². The first-order chi connectivity index (χ1) is 12.1. The first-order valence-corrected chi connectivity index (χ1v) is 8.90. The van der Waals surface area contributed by atoms with Gasteiger partial charge >= 0.3 is 0 Å². The molecule has 2 heterocycles. The third-order valence-corrected chi connectivity index (χ3v) is 4.82. The highest BCUT2D eigenvalue weighted by molar-refractivity contribution is 5.89. The summed E-state index contributed by atoms with van der Waals surface area (Å²) in [5.41, 5.74) is 2.15. The molecule has 0 aliphatic carbocycles. The number of hydrogen-bond acceptors (Lipinski definition) is 4. The van der Waals surface area contributed by atoms with Crippen molar-refractivity contribution in [2.75, 3.05) is 26.8 Å². The van der Waals surface area contributed by atoms with E-state index in [-0.39, 0.29) is 23.8 Å². The maximum absolute atomic E-state index is 12.2. The molecule has 1 unspecified atom stereocenters. The molecule has 2 aliphatic heterocycles. The number of hydrogen-bond donors (Lipinski definition) is 1. The van der Waals surface area contributed by atoms with Crippen LogP contribution in [0.1, 0.15) is 30.4 Å². The van der Waals surface area contributed by atoms with E-state index in [1.807, 2.05) is 18.2 Å². The van der Waals surface area contributed by atoms with Crippen molar-refractivity contribution in [3.63, 3.8) is 0 Å². The van der Waals surface area contributed by atoms with Gasteiger partial charge in [-0.2, -0.15) is 0 Å². The van der Waals surface area contributed by atoms with Crippen LogP contribution < -0.4 is 5.32 Å². The molecule has 0 spiro atoms. The van der Waals surface area contributed by atoms with Crippen LogP contribution in [-0.2, 0) is 32.2 Å². The van der Waals surface area contributed by atoms with E-state index in [2.05, 4.69) is 11.4 Å². The predicted molar refractivity (Wildman–Crippen MR) is 92.7 cm³/mol. The fourth-order valence-electron chi connectivity index (χ4n) is 3.26. The first-order valence-electron chi connectivity index (χ1n) is 8.90. The van der Waals surface area contributed by atoms with Crippen molar-refractivity contribution in [1.29, 1.82) is 0 Å². The largest absolute Gasteiger partial charge is 0.381 e. The smallest absolute Gasteiger partial charge is 0.225 e. The third kappa shape index (κ3) is 5.03. The fourth-order valence-corrected chi connectivity index (χ4v) is 3.26. The normalized spacial score (nSPS) is 21.6. The van der Waals surface area contributed by atoms with Gasteiger partial charge in [0.1, 0.15) is 0 Å². The molecule has 1 N–H and O–H groups in total. The molecule has 0 aromatic heterocycles. The number of carbonyl (C=O) groups is 2. The lowest BCUT2D eigenvalue weighted by molar-refractivity contribution is -0.128. The standard InChI is InChI=1S/C19H26N2O4/c1-21-12-16(10-18(21)22)19(23)20-11-14-3-2-4-15(9-14)13-25-17-5-7-24-8-6-17/h2-4,9,16-17H,5-8,10-13H2,1H3,(H,20,23). The average molecular weight is 346 g/mol. The Bertz CT molecular complexity index is 613. The zero-order valence-electron chi connectivity index (χ0n) is 14.7. The Hall–Kier alpha value is -1.92. The Morgan fingerprint density at radius 3 is 2.80 bits per heavy atom. The van der Waals surface area contributed by atoms with Crippen LogP contribution in [0.25, 0.3) is 0 Å². The van der Waals surface area contributed by atoms with Crippen LogP contribution in [0.3, 0.4) is 0 Å². The molecule has 0 bridgehead atoms. The topological polar surface area (TPSA) is 67.9 Å². The van der Waals surface area contributed by atoms with Gasteiger partial charge in [0, 0.05) is 39.8 Å². The average Bonchev–Trinajstić information content (AvgIpc) is 2.98. The zero-order chi connectivity index (χ0) is 17.6. The molecule has 2 aliphatic rings. The fraction of sp³-hybridized carbons (Fsp3) is 0.579. The predicted octanol–water partition coefficient (Wildman–Crippen LogP) is 1.48. The lowest BCUT2D eigenvalue weighted by atomic mass is 10.1. The molecule has 2 fully saturated rings. The lowest BCUT2D eigenvalue weighted by Crippen LogP contribution is -2.31. The highest BCUT2D eigenvalue weighted by Gasteiger charge is 2.31. The Labute approximate surface area is 148 Å². The molecule has 25 heavy (non-hydrogen) atoms. The molecule has 3 rings (SSSR count). The molecule has 2 saturated heterocycles. The van der Waals surface area contributed by atoms with Crippen molar-refractivity contribution >= 4 is 11.8 Å². The minimum Gasteiger partial charge on any atom is -0.381 e. The van der Waals surface area contributed by atoms with Gasteiger partial charge in [-0.1, -0.05) is 24.3 Å². The second kappa shape index (κ2) is 8.45. The summed E-state index contributed by atoms with van der Waals surface area (Å²) in [7, 11) is 1.73. The second-order valence-corrected chi connectivity index (χ2v) is 6.84. The Morgan fingerprint density at radius 2 is 2.08 bits per heavy atom. The Kier molecular flexibility index (Phi) is 6.04. The summed E-state index contributed by atoms with van der Waals surface area (Å²) in [5, 5.41) is 2.94. The van der Waals surface area contributed by atoms with Crippen molar-refractivity contribution in [2.45, 2.75) is 38.5 Å². The molecule has 0 saturated carbocycles. The van der Waals surface area contributed by atoms with Gasteiger partial charge in [-0.05, 0) is 24.0 Å². The van der Waals surface area contributed by atoms with Crippen molar-refractivity contribution in [1.82, 2.24) is 10.2 Å². The summed E-state index contributed by atoms with van der Waals surface area (Å²) >= 11 is 0. The molecule has 0 radical (unpaired) electrons. The van der Waals surface area contributed by atoms with Gasteiger partial charge in [0.25, 0.3) is 0 Å². The third-order valence-electron chi connectivity index (χ3n) is 4.82. The van der Waals surface area contributed by atoms with E-state index >= 15 is 0 Å². The molecule has 136 valence electrons. The van der Waals surface area contributed by atoms with Crippen molar-refractivity contribution in [3.8, 4) is 0 Å². The zero-order valence-corrected chi connectivity index (χ0v) is 14.7. The molecular weight excluding hydrogens is 320 g/mol. The van der Waals surface area contributed by atoms with Gasteiger partial charge in [0.2, 0.25) is 11.8 Å². The SMILES string of the molecule is CN1CC(C(=O)NCc2cccc(COC3CCOCC3)c2)CC1=O. The molecule has 1 aromatic rings. The number of ether oxygens (including phenoxy) is 2. The highest BCUT2D eigenvalue weighted by atomic mass is 16.5. The van der Waals surface area contributed by atoms with E-state index in [9.17, 15) is 9.59 Å². The monoisotopic (exact) mass is 346 g/mol. The van der Waals surface area contributed by atoms with Crippen LogP contribution in [0, 0.1) is 5.92 Å². The first kappa shape index (κ1) is 17.9. The van der Waals surface area contributed by atoms with E-state index in [4.69, 9.17) is 9.47 Å². The van der Waals surface area contributed by atoms with Crippen LogP contribution >= 0.6 is 0 Å². The van der Waals surface area contributed by atoms with E-state index in [1.54, 1.807) is 11.9 Å². The molecule has 6 heteroatoms. The number of rotatable bonds is 6. The summed E-state index contributed by atoms with van der Waals surface area (Å²) in [4.78, 5) is 25.3. The second-order valence-electron chi connectivity index (χ2n) is 6.84. The highest BCUT2D eigenvalue weighted by Crippen LogP contribution is 2.17. The number of nitrogens with one attached hydrogen (secondary N) is 1. The minimum atomic E-state index is -0.238. The van der Waals surface area contributed by atoms with E-state index < -0.39 is 0 Å². The number of nitrogens with zero attached hydrogens (tertiary/aromatic N) is 1. The summed E-state index contributed by atoms with van der Waals surface area (Å²) in [6, 6.07) is 8.07. The molecule has 1 atom stereocenters. The van der Waals surface area contributed by atoms with Gasteiger partial charge < -0.3 is 19.7 Å². The van der Waals surface area contributed by atoms with Crippen molar-refractivity contribution < 1.29 is 19.1 Å². The molecule has 6 nitrogen and oxygen atoms in total. The Morgan fingerprint density at radius 1 is 1.32 bits per heavy atom. The van der Waals surface area contributed by atoms with Gasteiger partial charge in [0.05, 0.1) is 18.6 Å². The maximum Gasteiger partial charge on any atom is 0.225 e. The number of benzene rings is 1. The maximum atomic E-state index is 12.2. The minimum absolute atomic E-state index is 0.0346. The van der Waals surface area contributed by atoms with E-state index in [0.717, 1.165) is 37.2 Å². The van der Waals surface area contributed by atoms with Crippen LogP contribution in [-0.4, -0.2) is 49.6 Å². The van der Waals surface area contributed by atoms with Crippen molar-refractivity contribution in [3.05, 3.63) is 35.4 Å². The van der Waals surface area contributed by atoms with Gasteiger partial charge in [-0.3, -0.25) is 9.59 Å². The van der Waals surface area contributed by atoms with Gasteiger partial charge in [0.15, 0.2) is 0 Å². The van der Waals surface area contributed by atoms with Crippen LogP contribution in [0.15, 0.2) is 24.3 Å². The quantitative estimate of drug-likeness (QED) is 0.847. The van der Waals surface area contributed by atoms with Gasteiger partial charge in [-0.25, -0.2) is 0 Å². The summed E-state index contributed by atoms with van der Waals surface area (Å²) in [5.74, 6) is -0.258. The summed E-state index contributed by atoms with van der Waals surface area (Å²) < 4.78 is 11.3. The molecular formula is C19H26N2O4. The van der Waals surface area contributed by atoms with Crippen LogP contribution in [0.4, 0.5) is 0 Å². The molecule has 2 amide bonds. The lowest BCUT2D eigenvalue weighted by Gasteiger charge is -2.22. The van der Waals surface area contributed by atoms with Crippen molar-refractivity contribution in [2.24, 2.45) is 5.92 Å². The number of carbonyl (C=O) groups excluding carboxylic acids is 2. The molecule has 1 aromatic carbocycles. The summed E-state index contributed by atoms with van der Waals surface area (Å²) in [6.07, 6.45) is 2.48. The number of likely N-dealkylation sites (tertiary alicyclic amines) is 1.